The molecule has 0 saturated carbocycles. The van der Waals surface area contributed by atoms with Gasteiger partial charge in [-0.15, -0.1) is 10.2 Å². The highest BCUT2D eigenvalue weighted by molar-refractivity contribution is 5.90. The minimum Gasteiger partial charge on any atom is -0.486 e. The SMILES string of the molecule is CCc1ccc(-c2ccc(N3CCN(C(=O)Nc4ccc5c(c4)OCCO5)CC3)nn2)cc1. The Balaban J connectivity index is 1.16. The Morgan fingerprint density at radius 2 is 1.67 bits per heavy atom. The van der Waals surface area contributed by atoms with Gasteiger partial charge in [-0.3, -0.25) is 0 Å². The van der Waals surface area contributed by atoms with Crippen LogP contribution in [0.15, 0.2) is 54.6 Å². The molecule has 2 amide bonds. The third kappa shape index (κ3) is 4.69. The Labute approximate surface area is 193 Å². The van der Waals surface area contributed by atoms with Crippen LogP contribution in [0.4, 0.5) is 16.3 Å². The highest BCUT2D eigenvalue weighted by Gasteiger charge is 2.23. The number of fused-ring (bicyclic) bond motifs is 1. The molecule has 0 bridgehead atoms. The molecule has 170 valence electrons. The van der Waals surface area contributed by atoms with Crippen LogP contribution in [-0.4, -0.2) is 60.5 Å². The number of carbonyl (C=O) groups excluding carboxylic acids is 1. The second-order valence-electron chi connectivity index (χ2n) is 8.09. The number of aromatic nitrogens is 2. The molecule has 2 aliphatic rings. The Bertz CT molecular complexity index is 1110. The first-order valence-electron chi connectivity index (χ1n) is 11.3. The fourth-order valence-electron chi connectivity index (χ4n) is 4.02. The molecule has 1 N–H and O–H groups in total. The van der Waals surface area contributed by atoms with Crippen LogP contribution in [0.2, 0.25) is 0 Å². The first-order chi connectivity index (χ1) is 16.2. The summed E-state index contributed by atoms with van der Waals surface area (Å²) in [5.74, 6) is 2.20. The summed E-state index contributed by atoms with van der Waals surface area (Å²) in [6, 6.07) is 17.8. The zero-order chi connectivity index (χ0) is 22.6. The van der Waals surface area contributed by atoms with E-state index in [0.717, 1.165) is 23.5 Å². The van der Waals surface area contributed by atoms with Gasteiger partial charge in [0.2, 0.25) is 0 Å². The fourth-order valence-corrected chi connectivity index (χ4v) is 4.02. The molecule has 8 heteroatoms. The van der Waals surface area contributed by atoms with Crippen molar-refractivity contribution in [1.29, 1.82) is 0 Å². The minimum atomic E-state index is -0.122. The summed E-state index contributed by atoms with van der Waals surface area (Å²) >= 11 is 0. The largest absolute Gasteiger partial charge is 0.486 e. The summed E-state index contributed by atoms with van der Waals surface area (Å²) in [5.41, 5.74) is 3.92. The molecule has 1 fully saturated rings. The van der Waals surface area contributed by atoms with E-state index in [0.29, 0.717) is 56.6 Å². The summed E-state index contributed by atoms with van der Waals surface area (Å²) in [7, 11) is 0. The molecule has 3 heterocycles. The van der Waals surface area contributed by atoms with Gasteiger partial charge in [-0.1, -0.05) is 31.2 Å². The molecular weight excluding hydrogens is 418 g/mol. The maximum Gasteiger partial charge on any atom is 0.321 e. The maximum absolute atomic E-state index is 12.7. The van der Waals surface area contributed by atoms with E-state index in [1.807, 2.05) is 29.2 Å². The lowest BCUT2D eigenvalue weighted by Crippen LogP contribution is -2.50. The highest BCUT2D eigenvalue weighted by Crippen LogP contribution is 2.32. The van der Waals surface area contributed by atoms with Gasteiger partial charge in [0.1, 0.15) is 13.2 Å². The topological polar surface area (TPSA) is 79.8 Å². The normalized spacial score (nSPS) is 15.3. The molecule has 2 aliphatic heterocycles. The van der Waals surface area contributed by atoms with Crippen LogP contribution in [0.3, 0.4) is 0 Å². The van der Waals surface area contributed by atoms with Crippen molar-refractivity contribution in [1.82, 2.24) is 15.1 Å². The van der Waals surface area contributed by atoms with Crippen LogP contribution in [0.5, 0.6) is 11.5 Å². The van der Waals surface area contributed by atoms with Gasteiger partial charge in [0.15, 0.2) is 17.3 Å². The maximum atomic E-state index is 12.7. The van der Waals surface area contributed by atoms with Gasteiger partial charge >= 0.3 is 6.03 Å². The smallest absolute Gasteiger partial charge is 0.321 e. The Morgan fingerprint density at radius 3 is 2.36 bits per heavy atom. The lowest BCUT2D eigenvalue weighted by atomic mass is 10.1. The Kier molecular flexibility index (Phi) is 5.97. The number of hydrogen-bond donors (Lipinski definition) is 1. The number of nitrogens with one attached hydrogen (secondary N) is 1. The quantitative estimate of drug-likeness (QED) is 0.658. The number of urea groups is 1. The number of anilines is 2. The average Bonchev–Trinajstić information content (AvgIpc) is 2.89. The summed E-state index contributed by atoms with van der Waals surface area (Å²) < 4.78 is 11.1. The minimum absolute atomic E-state index is 0.122. The lowest BCUT2D eigenvalue weighted by Gasteiger charge is -2.35. The zero-order valence-electron chi connectivity index (χ0n) is 18.7. The number of nitrogens with zero attached hydrogens (tertiary/aromatic N) is 4. The molecule has 0 aliphatic carbocycles. The van der Waals surface area contributed by atoms with Crippen LogP contribution in [-0.2, 0) is 6.42 Å². The van der Waals surface area contributed by atoms with Crippen molar-refractivity contribution in [3.8, 4) is 22.8 Å². The summed E-state index contributed by atoms with van der Waals surface area (Å²) in [4.78, 5) is 16.7. The number of amides is 2. The first kappa shape index (κ1) is 21.1. The monoisotopic (exact) mass is 445 g/mol. The second-order valence-corrected chi connectivity index (χ2v) is 8.09. The van der Waals surface area contributed by atoms with Crippen molar-refractivity contribution >= 4 is 17.5 Å². The molecule has 5 rings (SSSR count). The molecule has 33 heavy (non-hydrogen) atoms. The van der Waals surface area contributed by atoms with Gasteiger partial charge in [-0.2, -0.15) is 0 Å². The third-order valence-electron chi connectivity index (χ3n) is 5.99. The number of hydrogen-bond acceptors (Lipinski definition) is 6. The van der Waals surface area contributed by atoms with Crippen LogP contribution in [0.25, 0.3) is 11.3 Å². The predicted octanol–water partition coefficient (Wildman–Crippen LogP) is 3.83. The molecule has 3 aromatic rings. The Hall–Kier alpha value is -3.81. The van der Waals surface area contributed by atoms with E-state index in [9.17, 15) is 4.79 Å². The van der Waals surface area contributed by atoms with Gasteiger partial charge < -0.3 is 24.6 Å². The molecular formula is C25H27N5O3. The summed E-state index contributed by atoms with van der Waals surface area (Å²) in [6.45, 7) is 5.83. The first-order valence-corrected chi connectivity index (χ1v) is 11.3. The predicted molar refractivity (Wildman–Crippen MR) is 127 cm³/mol. The van der Waals surface area contributed by atoms with E-state index in [2.05, 4.69) is 51.6 Å². The summed E-state index contributed by atoms with van der Waals surface area (Å²) in [5, 5.41) is 11.8. The van der Waals surface area contributed by atoms with Gasteiger partial charge in [0.25, 0.3) is 0 Å². The molecule has 0 unspecified atom stereocenters. The lowest BCUT2D eigenvalue weighted by molar-refractivity contribution is 0.171. The van der Waals surface area contributed by atoms with Crippen molar-refractivity contribution in [2.45, 2.75) is 13.3 Å². The molecule has 0 atom stereocenters. The van der Waals surface area contributed by atoms with E-state index in [4.69, 9.17) is 9.47 Å². The van der Waals surface area contributed by atoms with Crippen molar-refractivity contribution < 1.29 is 14.3 Å². The number of aryl methyl sites for hydroxylation is 1. The zero-order valence-corrected chi connectivity index (χ0v) is 18.7. The average molecular weight is 446 g/mol. The van der Waals surface area contributed by atoms with E-state index in [1.165, 1.54) is 5.56 Å². The van der Waals surface area contributed by atoms with E-state index < -0.39 is 0 Å². The number of piperazine rings is 1. The summed E-state index contributed by atoms with van der Waals surface area (Å²) in [6.07, 6.45) is 1.02. The third-order valence-corrected chi connectivity index (χ3v) is 5.99. The van der Waals surface area contributed by atoms with E-state index in [1.54, 1.807) is 6.07 Å². The van der Waals surface area contributed by atoms with Crippen LogP contribution in [0, 0.1) is 0 Å². The van der Waals surface area contributed by atoms with Crippen molar-refractivity contribution in [3.63, 3.8) is 0 Å². The van der Waals surface area contributed by atoms with Gasteiger partial charge in [0, 0.05) is 43.5 Å². The molecule has 0 spiro atoms. The van der Waals surface area contributed by atoms with Crippen molar-refractivity contribution in [3.05, 3.63) is 60.2 Å². The second kappa shape index (κ2) is 9.36. The molecule has 8 nitrogen and oxygen atoms in total. The van der Waals surface area contributed by atoms with Crippen molar-refractivity contribution in [2.75, 3.05) is 49.6 Å². The van der Waals surface area contributed by atoms with Crippen LogP contribution in [0.1, 0.15) is 12.5 Å². The van der Waals surface area contributed by atoms with Gasteiger partial charge in [-0.05, 0) is 36.2 Å². The number of benzene rings is 2. The number of ether oxygens (including phenoxy) is 2. The number of carbonyl (C=O) groups is 1. The van der Waals surface area contributed by atoms with Gasteiger partial charge in [0.05, 0.1) is 5.69 Å². The molecule has 1 saturated heterocycles. The molecule has 1 aromatic heterocycles. The van der Waals surface area contributed by atoms with Crippen molar-refractivity contribution in [2.24, 2.45) is 0 Å². The van der Waals surface area contributed by atoms with Crippen LogP contribution >= 0.6 is 0 Å². The standard InChI is InChI=1S/C25H27N5O3/c1-2-18-3-5-19(6-4-18)21-8-10-24(28-27-21)29-11-13-30(14-12-29)25(31)26-20-7-9-22-23(17-20)33-16-15-32-22/h3-10,17H,2,11-16H2,1H3,(H,26,31). The van der Waals surface area contributed by atoms with E-state index in [-0.39, 0.29) is 6.03 Å². The Morgan fingerprint density at radius 1 is 0.909 bits per heavy atom. The van der Waals surface area contributed by atoms with Crippen LogP contribution < -0.4 is 19.7 Å². The highest BCUT2D eigenvalue weighted by atomic mass is 16.6. The molecule has 2 aromatic carbocycles. The molecule has 0 radical (unpaired) electrons. The van der Waals surface area contributed by atoms with E-state index >= 15 is 0 Å². The number of rotatable bonds is 4. The fraction of sp³-hybridized carbons (Fsp3) is 0.320. The van der Waals surface area contributed by atoms with Gasteiger partial charge in [-0.25, -0.2) is 4.79 Å².